The maximum atomic E-state index is 14.2. The molecule has 43 heavy (non-hydrogen) atoms. The molecule has 2 heterocycles. The van der Waals surface area contributed by atoms with Gasteiger partial charge in [-0.05, 0) is 38.7 Å². The van der Waals surface area contributed by atoms with E-state index in [1.807, 2.05) is 0 Å². The number of nitrogens with one attached hydrogen (secondary N) is 1. The van der Waals surface area contributed by atoms with Gasteiger partial charge in [0.15, 0.2) is 5.01 Å². The molecule has 2 N–H and O–H groups in total. The maximum Gasteiger partial charge on any atom is 0.430 e. The second-order valence-corrected chi connectivity index (χ2v) is 13.9. The number of amides is 2. The van der Waals surface area contributed by atoms with Gasteiger partial charge in [0.2, 0.25) is 0 Å². The fourth-order valence-corrected chi connectivity index (χ4v) is 7.23. The van der Waals surface area contributed by atoms with Crippen LogP contribution in [0.25, 0.3) is 10.4 Å². The van der Waals surface area contributed by atoms with E-state index >= 15 is 0 Å². The number of carbonyl (C=O) groups excluding carboxylic acids is 2. The highest BCUT2D eigenvalue weighted by atomic mass is 32.2. The molecule has 0 bridgehead atoms. The first kappa shape index (κ1) is 33.0. The summed E-state index contributed by atoms with van der Waals surface area (Å²) >= 11 is 0.419. The lowest BCUT2D eigenvalue weighted by molar-refractivity contribution is -0.376. The van der Waals surface area contributed by atoms with E-state index in [4.69, 9.17) is 0 Å². The Bertz CT molecular complexity index is 1500. The van der Waals surface area contributed by atoms with Crippen LogP contribution in [0.5, 0.6) is 0 Å². The summed E-state index contributed by atoms with van der Waals surface area (Å²) in [5.41, 5.74) is -9.92. The molecule has 2 amide bonds. The van der Waals surface area contributed by atoms with Crippen molar-refractivity contribution in [1.82, 2.24) is 15.2 Å². The smallest absolute Gasteiger partial charge is 0.369 e. The number of sulfone groups is 1. The number of carbonyl (C=O) groups is 2. The number of aliphatic hydroxyl groups is 1. The average molecular weight is 664 g/mol. The minimum atomic E-state index is -6.33. The quantitative estimate of drug-likeness (QED) is 0.404. The first-order valence-electron chi connectivity index (χ1n) is 12.8. The van der Waals surface area contributed by atoms with Crippen molar-refractivity contribution in [2.24, 2.45) is 0 Å². The fraction of sp³-hybridized carbons (Fsp3) is 0.560. The average Bonchev–Trinajstić information content (AvgIpc) is 3.49. The molecule has 1 aromatic heterocycles. The van der Waals surface area contributed by atoms with E-state index in [1.165, 1.54) is 4.90 Å². The van der Waals surface area contributed by atoms with E-state index in [2.05, 4.69) is 10.3 Å². The Kier molecular flexibility index (Phi) is 8.64. The van der Waals surface area contributed by atoms with Gasteiger partial charge in [0, 0.05) is 41.6 Å². The second kappa shape index (κ2) is 11.3. The van der Waals surface area contributed by atoms with Gasteiger partial charge >= 0.3 is 12.4 Å². The van der Waals surface area contributed by atoms with Crippen molar-refractivity contribution >= 4 is 33.0 Å². The molecule has 18 heteroatoms. The molecule has 2 aliphatic rings. The van der Waals surface area contributed by atoms with Gasteiger partial charge in [-0.25, -0.2) is 22.2 Å². The normalized spacial score (nSPS) is 21.7. The molecule has 1 aliphatic heterocycles. The Balaban J connectivity index is 1.80. The van der Waals surface area contributed by atoms with Crippen molar-refractivity contribution in [2.75, 3.05) is 12.8 Å². The number of nitrogens with zero attached hydrogens (tertiary/aromatic N) is 2. The van der Waals surface area contributed by atoms with E-state index in [0.717, 1.165) is 6.26 Å². The van der Waals surface area contributed by atoms with Gasteiger partial charge in [-0.3, -0.25) is 9.59 Å². The number of thiazole rings is 1. The predicted octanol–water partition coefficient (Wildman–Crippen LogP) is 4.99. The lowest BCUT2D eigenvalue weighted by Crippen LogP contribution is -2.54. The Morgan fingerprint density at radius 3 is 2.21 bits per heavy atom. The van der Waals surface area contributed by atoms with Crippen molar-refractivity contribution in [3.63, 3.8) is 0 Å². The van der Waals surface area contributed by atoms with E-state index in [-0.39, 0.29) is 37.6 Å². The van der Waals surface area contributed by atoms with Crippen LogP contribution in [0.15, 0.2) is 18.2 Å². The van der Waals surface area contributed by atoms with Gasteiger partial charge in [-0.15, -0.1) is 11.3 Å². The van der Waals surface area contributed by atoms with Crippen LogP contribution in [-0.2, 0) is 15.4 Å². The SMILES string of the molecule is CC1CCCN1C(=O)c1nc(C(=O)NC2CC(S(C)(=O)=O)C2)sc1-c1ccc(C(O)(C(F)(F)F)C(F)(F)F)cc1C(F)F. The molecular formula is C25H25F8N3O5S2. The van der Waals surface area contributed by atoms with Crippen LogP contribution >= 0.6 is 11.3 Å². The summed E-state index contributed by atoms with van der Waals surface area (Å²) in [6.45, 7) is 1.95. The monoisotopic (exact) mass is 663 g/mol. The van der Waals surface area contributed by atoms with Gasteiger partial charge in [-0.2, -0.15) is 26.3 Å². The zero-order valence-corrected chi connectivity index (χ0v) is 24.0. The molecule has 1 atom stereocenters. The summed E-state index contributed by atoms with van der Waals surface area (Å²) in [6.07, 6.45) is -13.9. The van der Waals surface area contributed by atoms with E-state index in [1.54, 1.807) is 6.92 Å². The van der Waals surface area contributed by atoms with Crippen molar-refractivity contribution in [2.45, 2.75) is 74.3 Å². The van der Waals surface area contributed by atoms with Crippen LogP contribution in [0.1, 0.15) is 70.4 Å². The van der Waals surface area contributed by atoms with E-state index < -0.39 is 89.6 Å². The van der Waals surface area contributed by atoms with E-state index in [0.29, 0.717) is 30.2 Å². The third kappa shape index (κ3) is 6.09. The standard InChI is InChI=1S/C25H25F8N3O5S2/c1-11-4-3-7-36(11)22(38)17-18(42-21(35-17)20(37)34-13-9-14(10-13)43(2,40)41)15-6-5-12(8-16(15)19(26)27)23(39,24(28,29)30)25(31,32)33/h5-6,8,11,13-14,19,39H,3-4,7,9-10H2,1-2H3,(H,34,37). The Hall–Kier alpha value is -2.86. The van der Waals surface area contributed by atoms with Crippen molar-refractivity contribution in [3.05, 3.63) is 40.0 Å². The number of hydrogen-bond donors (Lipinski definition) is 2. The van der Waals surface area contributed by atoms with Crippen molar-refractivity contribution in [1.29, 1.82) is 0 Å². The fourth-order valence-electron chi connectivity index (χ4n) is 5.06. The van der Waals surface area contributed by atoms with Crippen LogP contribution in [0.3, 0.4) is 0 Å². The molecule has 1 unspecified atom stereocenters. The molecule has 2 aromatic rings. The molecule has 4 rings (SSSR count). The highest BCUT2D eigenvalue weighted by Crippen LogP contribution is 2.51. The second-order valence-electron chi connectivity index (χ2n) is 10.6. The van der Waals surface area contributed by atoms with Crippen LogP contribution in [0, 0.1) is 0 Å². The molecule has 238 valence electrons. The number of likely N-dealkylation sites (tertiary alicyclic amines) is 1. The van der Waals surface area contributed by atoms with Gasteiger partial charge in [0.1, 0.15) is 15.5 Å². The molecule has 2 fully saturated rings. The summed E-state index contributed by atoms with van der Waals surface area (Å²) in [7, 11) is -3.35. The molecule has 1 aromatic carbocycles. The summed E-state index contributed by atoms with van der Waals surface area (Å²) in [5.74, 6) is -1.67. The number of rotatable bonds is 7. The number of aromatic nitrogens is 1. The van der Waals surface area contributed by atoms with Gasteiger partial charge in [0.05, 0.1) is 10.1 Å². The number of benzene rings is 1. The largest absolute Gasteiger partial charge is 0.430 e. The zero-order chi connectivity index (χ0) is 32.3. The maximum absolute atomic E-state index is 14.2. The van der Waals surface area contributed by atoms with Gasteiger partial charge < -0.3 is 15.3 Å². The van der Waals surface area contributed by atoms with Crippen molar-refractivity contribution in [3.8, 4) is 10.4 Å². The molecule has 1 saturated heterocycles. The molecular weight excluding hydrogens is 638 g/mol. The molecule has 8 nitrogen and oxygen atoms in total. The summed E-state index contributed by atoms with van der Waals surface area (Å²) in [4.78, 5) is 31.4. The Morgan fingerprint density at radius 1 is 1.12 bits per heavy atom. The Labute approximate surface area is 244 Å². The van der Waals surface area contributed by atoms with Crippen LogP contribution in [0.4, 0.5) is 35.1 Å². The van der Waals surface area contributed by atoms with Gasteiger partial charge in [-0.1, -0.05) is 12.1 Å². The molecule has 1 saturated carbocycles. The third-order valence-corrected chi connectivity index (χ3v) is 10.3. The summed E-state index contributed by atoms with van der Waals surface area (Å²) in [6, 6.07) is -0.356. The first-order chi connectivity index (χ1) is 19.7. The first-order valence-corrected chi connectivity index (χ1v) is 15.5. The number of hydrogen-bond acceptors (Lipinski definition) is 7. The Morgan fingerprint density at radius 2 is 1.72 bits per heavy atom. The minimum absolute atomic E-state index is 0.0954. The van der Waals surface area contributed by atoms with Crippen LogP contribution < -0.4 is 5.32 Å². The molecule has 1 aliphatic carbocycles. The van der Waals surface area contributed by atoms with Crippen molar-refractivity contribution < 1.29 is 58.2 Å². The third-order valence-electron chi connectivity index (χ3n) is 7.64. The highest BCUT2D eigenvalue weighted by Gasteiger charge is 2.71. The lowest BCUT2D eigenvalue weighted by atomic mass is 9.89. The van der Waals surface area contributed by atoms with E-state index in [9.17, 15) is 58.2 Å². The predicted molar refractivity (Wildman–Crippen MR) is 137 cm³/mol. The topological polar surface area (TPSA) is 117 Å². The van der Waals surface area contributed by atoms with Crippen LogP contribution in [0.2, 0.25) is 0 Å². The summed E-state index contributed by atoms with van der Waals surface area (Å²) in [5, 5.41) is 11.2. The molecule has 0 spiro atoms. The zero-order valence-electron chi connectivity index (χ0n) is 22.4. The minimum Gasteiger partial charge on any atom is -0.369 e. The number of halogens is 8. The summed E-state index contributed by atoms with van der Waals surface area (Å²) < 4.78 is 132. The number of alkyl halides is 8. The van der Waals surface area contributed by atoms with Gasteiger partial charge in [0.25, 0.3) is 23.8 Å². The highest BCUT2D eigenvalue weighted by molar-refractivity contribution is 7.91. The molecule has 0 radical (unpaired) electrons. The van der Waals surface area contributed by atoms with Crippen LogP contribution in [-0.4, -0.2) is 77.7 Å². The lowest BCUT2D eigenvalue weighted by Gasteiger charge is -2.34.